The lowest BCUT2D eigenvalue weighted by molar-refractivity contribution is -0.122. The number of fused-ring (bicyclic) bond motifs is 2. The molecule has 6 heteroatoms. The Hall–Kier alpha value is -3.02. The van der Waals surface area contributed by atoms with E-state index in [0.29, 0.717) is 24.7 Å². The van der Waals surface area contributed by atoms with Gasteiger partial charge in [-0.25, -0.2) is 4.98 Å². The van der Waals surface area contributed by atoms with Crippen molar-refractivity contribution in [3.8, 4) is 11.5 Å². The number of rotatable bonds is 4. The Bertz CT molecular complexity index is 950. The minimum atomic E-state index is -0.0568. The maximum Gasteiger partial charge on any atom is 0.240 e. The second kappa shape index (κ2) is 6.71. The van der Waals surface area contributed by atoms with Gasteiger partial charge >= 0.3 is 0 Å². The van der Waals surface area contributed by atoms with Crippen molar-refractivity contribution in [3.05, 3.63) is 53.9 Å². The molecule has 0 aliphatic carbocycles. The molecule has 26 heavy (non-hydrogen) atoms. The highest BCUT2D eigenvalue weighted by Gasteiger charge is 2.18. The Morgan fingerprint density at radius 2 is 1.88 bits per heavy atom. The summed E-state index contributed by atoms with van der Waals surface area (Å²) in [6, 6.07) is 13.6. The predicted octanol–water partition coefficient (Wildman–Crippen LogP) is 2.99. The van der Waals surface area contributed by atoms with Crippen molar-refractivity contribution in [2.75, 3.05) is 13.2 Å². The van der Waals surface area contributed by atoms with Gasteiger partial charge in [0.15, 0.2) is 11.5 Å². The molecule has 2 heterocycles. The molecule has 0 saturated carbocycles. The van der Waals surface area contributed by atoms with E-state index in [1.807, 2.05) is 60.9 Å². The molecule has 0 saturated heterocycles. The number of aromatic nitrogens is 2. The van der Waals surface area contributed by atoms with Crippen LogP contribution < -0.4 is 14.8 Å². The summed E-state index contributed by atoms with van der Waals surface area (Å²) in [5, 5.41) is 3.05. The fraction of sp³-hybridized carbons (Fsp3) is 0.300. The first-order valence-corrected chi connectivity index (χ1v) is 8.72. The molecule has 1 aliphatic rings. The van der Waals surface area contributed by atoms with E-state index in [1.54, 1.807) is 0 Å². The Balaban J connectivity index is 1.56. The molecule has 4 rings (SSSR count). The Morgan fingerprint density at radius 3 is 2.62 bits per heavy atom. The Morgan fingerprint density at radius 1 is 1.19 bits per heavy atom. The highest BCUT2D eigenvalue weighted by Crippen LogP contribution is 2.34. The first-order chi connectivity index (χ1) is 12.6. The summed E-state index contributed by atoms with van der Waals surface area (Å²) in [7, 11) is 0. The van der Waals surface area contributed by atoms with E-state index in [1.165, 1.54) is 0 Å². The minimum absolute atomic E-state index is 0.0525. The first kappa shape index (κ1) is 16.4. The average Bonchev–Trinajstić information content (AvgIpc) is 2.95. The van der Waals surface area contributed by atoms with E-state index in [0.717, 1.165) is 22.4 Å². The van der Waals surface area contributed by atoms with E-state index in [4.69, 9.17) is 9.47 Å². The smallest absolute Gasteiger partial charge is 0.240 e. The molecule has 0 unspecified atom stereocenters. The van der Waals surface area contributed by atoms with Crippen LogP contribution in [0, 0.1) is 6.92 Å². The maximum atomic E-state index is 12.6. The summed E-state index contributed by atoms with van der Waals surface area (Å²) < 4.78 is 13.2. The second-order valence-electron chi connectivity index (χ2n) is 6.43. The number of carbonyl (C=O) groups excluding carboxylic acids is 1. The van der Waals surface area contributed by atoms with Gasteiger partial charge in [0.2, 0.25) is 5.91 Å². The lowest BCUT2D eigenvalue weighted by Gasteiger charge is -2.18. The molecule has 134 valence electrons. The molecule has 1 aromatic heterocycles. The van der Waals surface area contributed by atoms with Crippen molar-refractivity contribution < 1.29 is 14.3 Å². The number of nitrogens with zero attached hydrogens (tertiary/aromatic N) is 2. The summed E-state index contributed by atoms with van der Waals surface area (Å²) in [6.45, 7) is 5.15. The van der Waals surface area contributed by atoms with Crippen LogP contribution in [0.4, 0.5) is 0 Å². The average molecular weight is 351 g/mol. The van der Waals surface area contributed by atoms with Gasteiger partial charge in [-0.05, 0) is 19.4 Å². The van der Waals surface area contributed by atoms with Crippen molar-refractivity contribution >= 4 is 16.9 Å². The van der Waals surface area contributed by atoms with Gasteiger partial charge in [-0.3, -0.25) is 4.79 Å². The molecule has 1 aliphatic heterocycles. The third-order valence-corrected chi connectivity index (χ3v) is 4.58. The summed E-state index contributed by atoms with van der Waals surface area (Å²) >= 11 is 0. The number of hydrogen-bond acceptors (Lipinski definition) is 4. The number of amides is 1. The van der Waals surface area contributed by atoms with Gasteiger partial charge in [0.25, 0.3) is 0 Å². The van der Waals surface area contributed by atoms with Crippen LogP contribution in [-0.4, -0.2) is 28.7 Å². The van der Waals surface area contributed by atoms with Crippen molar-refractivity contribution in [1.82, 2.24) is 14.9 Å². The van der Waals surface area contributed by atoms with Crippen LogP contribution in [0.3, 0.4) is 0 Å². The second-order valence-corrected chi connectivity index (χ2v) is 6.43. The van der Waals surface area contributed by atoms with Crippen molar-refractivity contribution in [2.45, 2.75) is 26.4 Å². The van der Waals surface area contributed by atoms with E-state index in [9.17, 15) is 4.79 Å². The maximum absolute atomic E-state index is 12.6. The number of nitrogens with one attached hydrogen (secondary N) is 1. The van der Waals surface area contributed by atoms with Crippen LogP contribution in [-0.2, 0) is 11.3 Å². The van der Waals surface area contributed by atoms with E-state index in [-0.39, 0.29) is 18.5 Å². The first-order valence-electron chi connectivity index (χ1n) is 8.72. The quantitative estimate of drug-likeness (QED) is 0.785. The zero-order valence-electron chi connectivity index (χ0n) is 14.9. The Labute approximate surface area is 151 Å². The summed E-state index contributed by atoms with van der Waals surface area (Å²) in [5.74, 6) is 2.13. The summed E-state index contributed by atoms with van der Waals surface area (Å²) in [5.41, 5.74) is 2.75. The zero-order chi connectivity index (χ0) is 18.1. The molecule has 0 radical (unpaired) electrons. The van der Waals surface area contributed by atoms with Gasteiger partial charge in [0, 0.05) is 12.1 Å². The molecule has 2 aromatic carbocycles. The molecule has 0 fully saturated rings. The van der Waals surface area contributed by atoms with Gasteiger partial charge in [-0.1, -0.05) is 30.3 Å². The molecule has 1 atom stereocenters. The lowest BCUT2D eigenvalue weighted by Crippen LogP contribution is -2.30. The van der Waals surface area contributed by atoms with Gasteiger partial charge in [-0.2, -0.15) is 0 Å². The highest BCUT2D eigenvalue weighted by molar-refractivity contribution is 5.84. The number of ether oxygens (including phenoxy) is 2. The van der Waals surface area contributed by atoms with Crippen LogP contribution in [0.15, 0.2) is 42.5 Å². The molecule has 6 nitrogen and oxygen atoms in total. The van der Waals surface area contributed by atoms with Crippen molar-refractivity contribution in [2.24, 2.45) is 0 Å². The van der Waals surface area contributed by atoms with Crippen LogP contribution in [0.1, 0.15) is 24.4 Å². The monoisotopic (exact) mass is 351 g/mol. The lowest BCUT2D eigenvalue weighted by atomic mass is 10.1. The normalized spacial score (nSPS) is 14.2. The minimum Gasteiger partial charge on any atom is -0.486 e. The molecular weight excluding hydrogens is 330 g/mol. The molecule has 1 amide bonds. The van der Waals surface area contributed by atoms with E-state index >= 15 is 0 Å². The number of hydrogen-bond donors (Lipinski definition) is 1. The summed E-state index contributed by atoms with van der Waals surface area (Å²) in [6.07, 6.45) is 0. The van der Waals surface area contributed by atoms with Crippen LogP contribution in [0.2, 0.25) is 0 Å². The molecule has 0 bridgehead atoms. The van der Waals surface area contributed by atoms with Gasteiger partial charge in [0.05, 0.1) is 17.1 Å². The van der Waals surface area contributed by atoms with Crippen LogP contribution >= 0.6 is 0 Å². The van der Waals surface area contributed by atoms with Crippen LogP contribution in [0.5, 0.6) is 11.5 Å². The Kier molecular flexibility index (Phi) is 4.24. The number of imidazole rings is 1. The SMILES string of the molecule is Cc1nc2cc3c(cc2n1CC(=O)N[C@H](C)c1ccccc1)OCCO3. The van der Waals surface area contributed by atoms with E-state index in [2.05, 4.69) is 10.3 Å². The fourth-order valence-electron chi connectivity index (χ4n) is 3.24. The van der Waals surface area contributed by atoms with Gasteiger partial charge < -0.3 is 19.4 Å². The fourth-order valence-corrected chi connectivity index (χ4v) is 3.24. The molecule has 0 spiro atoms. The highest BCUT2D eigenvalue weighted by atomic mass is 16.6. The van der Waals surface area contributed by atoms with Crippen molar-refractivity contribution in [3.63, 3.8) is 0 Å². The van der Waals surface area contributed by atoms with Gasteiger partial charge in [-0.15, -0.1) is 0 Å². The number of aryl methyl sites for hydroxylation is 1. The summed E-state index contributed by atoms with van der Waals surface area (Å²) in [4.78, 5) is 17.1. The molecule has 3 aromatic rings. The largest absolute Gasteiger partial charge is 0.486 e. The topological polar surface area (TPSA) is 65.4 Å². The molecule has 1 N–H and O–H groups in total. The number of benzene rings is 2. The van der Waals surface area contributed by atoms with Gasteiger partial charge in [0.1, 0.15) is 25.6 Å². The third-order valence-electron chi connectivity index (χ3n) is 4.58. The standard InChI is InChI=1S/C20H21N3O3/c1-13(15-6-4-3-5-7-15)21-20(24)12-23-14(2)22-16-10-18-19(11-17(16)23)26-9-8-25-18/h3-7,10-11,13H,8-9,12H2,1-2H3,(H,21,24)/t13-/m1/s1. The van der Waals surface area contributed by atoms with E-state index < -0.39 is 0 Å². The zero-order valence-corrected chi connectivity index (χ0v) is 14.9. The predicted molar refractivity (Wildman–Crippen MR) is 98.5 cm³/mol. The molecular formula is C20H21N3O3. The van der Waals surface area contributed by atoms with Crippen LogP contribution in [0.25, 0.3) is 11.0 Å². The third kappa shape index (κ3) is 3.10. The van der Waals surface area contributed by atoms with Crippen molar-refractivity contribution in [1.29, 1.82) is 0 Å². The number of carbonyl (C=O) groups is 1.